The fraction of sp³-hybridized carbons (Fsp3) is 0.625. The first kappa shape index (κ1) is 7.30. The van der Waals surface area contributed by atoms with Crippen LogP contribution < -0.4 is 0 Å². The van der Waals surface area contributed by atoms with E-state index in [9.17, 15) is 0 Å². The Morgan fingerprint density at radius 1 is 1.80 bits per heavy atom. The molecular formula is C8H11NO. The maximum Gasteiger partial charge on any atom is 0.106 e. The number of hydrogen-bond donors (Lipinski definition) is 0. The lowest BCUT2D eigenvalue weighted by Gasteiger charge is -1.93. The van der Waals surface area contributed by atoms with Gasteiger partial charge in [-0.15, -0.1) is 0 Å². The van der Waals surface area contributed by atoms with Crippen molar-refractivity contribution >= 4 is 0 Å². The molecule has 1 aliphatic heterocycles. The van der Waals surface area contributed by atoms with Crippen LogP contribution in [0.1, 0.15) is 20.3 Å². The molecule has 2 atom stereocenters. The summed E-state index contributed by atoms with van der Waals surface area (Å²) in [6, 6.07) is 2.02. The van der Waals surface area contributed by atoms with Gasteiger partial charge in [-0.1, -0.05) is 6.92 Å². The lowest BCUT2D eigenvalue weighted by molar-refractivity contribution is 0.393. The SMILES string of the molecule is CC/C(=C/C#N)C1OC1C. The lowest BCUT2D eigenvalue weighted by Crippen LogP contribution is -1.93. The summed E-state index contributed by atoms with van der Waals surface area (Å²) in [6.45, 7) is 4.06. The average molecular weight is 137 g/mol. The highest BCUT2D eigenvalue weighted by Crippen LogP contribution is 2.29. The number of hydrogen-bond acceptors (Lipinski definition) is 2. The molecule has 2 heteroatoms. The summed E-state index contributed by atoms with van der Waals surface area (Å²) in [7, 11) is 0. The maximum absolute atomic E-state index is 8.35. The second-order valence-corrected chi connectivity index (χ2v) is 2.46. The van der Waals surface area contributed by atoms with Crippen LogP contribution in [0.4, 0.5) is 0 Å². The van der Waals surface area contributed by atoms with Gasteiger partial charge >= 0.3 is 0 Å². The van der Waals surface area contributed by atoms with Crippen molar-refractivity contribution in [3.05, 3.63) is 11.6 Å². The lowest BCUT2D eigenvalue weighted by atomic mass is 10.1. The van der Waals surface area contributed by atoms with Gasteiger partial charge < -0.3 is 4.74 Å². The van der Waals surface area contributed by atoms with Gasteiger partial charge in [-0.05, 0) is 18.9 Å². The van der Waals surface area contributed by atoms with Crippen LogP contribution in [0.3, 0.4) is 0 Å². The molecule has 1 rings (SSSR count). The van der Waals surface area contributed by atoms with E-state index in [4.69, 9.17) is 10.00 Å². The molecule has 0 N–H and O–H groups in total. The van der Waals surface area contributed by atoms with Gasteiger partial charge in [-0.25, -0.2) is 0 Å². The highest BCUT2D eigenvalue weighted by Gasteiger charge is 2.36. The zero-order chi connectivity index (χ0) is 7.56. The molecule has 0 aromatic heterocycles. The zero-order valence-corrected chi connectivity index (χ0v) is 6.29. The van der Waals surface area contributed by atoms with Gasteiger partial charge in [0.1, 0.15) is 6.10 Å². The minimum absolute atomic E-state index is 0.240. The average Bonchev–Trinajstić information content (AvgIpc) is 2.62. The Bertz CT molecular complexity index is 190. The Morgan fingerprint density at radius 3 is 2.70 bits per heavy atom. The second-order valence-electron chi connectivity index (χ2n) is 2.46. The summed E-state index contributed by atoms with van der Waals surface area (Å²) >= 11 is 0. The van der Waals surface area contributed by atoms with Crippen molar-refractivity contribution < 1.29 is 4.74 Å². The van der Waals surface area contributed by atoms with E-state index in [0.717, 1.165) is 12.0 Å². The molecule has 2 unspecified atom stereocenters. The molecule has 1 fully saturated rings. The number of epoxide rings is 1. The van der Waals surface area contributed by atoms with Crippen molar-refractivity contribution in [2.75, 3.05) is 0 Å². The number of allylic oxidation sites excluding steroid dienone is 1. The smallest absolute Gasteiger partial charge is 0.106 e. The van der Waals surface area contributed by atoms with Gasteiger partial charge in [0.25, 0.3) is 0 Å². The molecule has 1 aliphatic rings. The molecule has 0 bridgehead atoms. The van der Waals surface area contributed by atoms with E-state index in [1.807, 2.05) is 19.9 Å². The van der Waals surface area contributed by atoms with E-state index in [0.29, 0.717) is 6.10 Å². The molecule has 0 aromatic rings. The molecule has 2 nitrogen and oxygen atoms in total. The van der Waals surface area contributed by atoms with E-state index in [-0.39, 0.29) is 6.10 Å². The fourth-order valence-corrected chi connectivity index (χ4v) is 1.04. The van der Waals surface area contributed by atoms with Crippen LogP contribution in [0.15, 0.2) is 11.6 Å². The van der Waals surface area contributed by atoms with Gasteiger partial charge in [0.15, 0.2) is 0 Å². The normalized spacial score (nSPS) is 31.5. The first-order chi connectivity index (χ1) is 4.79. The number of nitrogens with zero attached hydrogens (tertiary/aromatic N) is 1. The Morgan fingerprint density at radius 2 is 2.40 bits per heavy atom. The van der Waals surface area contributed by atoms with Gasteiger partial charge in [0.2, 0.25) is 0 Å². The Kier molecular flexibility index (Phi) is 2.08. The first-order valence-electron chi connectivity index (χ1n) is 3.53. The summed E-state index contributed by atoms with van der Waals surface area (Å²) in [4.78, 5) is 0. The highest BCUT2D eigenvalue weighted by atomic mass is 16.6. The van der Waals surface area contributed by atoms with E-state index in [1.165, 1.54) is 0 Å². The number of rotatable bonds is 2. The highest BCUT2D eigenvalue weighted by molar-refractivity contribution is 5.22. The summed E-state index contributed by atoms with van der Waals surface area (Å²) in [5, 5.41) is 8.35. The van der Waals surface area contributed by atoms with Crippen LogP contribution in [0.25, 0.3) is 0 Å². The summed E-state index contributed by atoms with van der Waals surface area (Å²) in [5.74, 6) is 0. The zero-order valence-electron chi connectivity index (χ0n) is 6.29. The molecule has 1 heterocycles. The molecule has 0 radical (unpaired) electrons. The quantitative estimate of drug-likeness (QED) is 0.428. The van der Waals surface area contributed by atoms with Crippen LogP contribution in [-0.4, -0.2) is 12.2 Å². The Balaban J connectivity index is 2.52. The topological polar surface area (TPSA) is 36.3 Å². The Hall–Kier alpha value is -0.810. The predicted octanol–water partition coefficient (Wildman–Crippen LogP) is 1.63. The van der Waals surface area contributed by atoms with Crippen molar-refractivity contribution in [1.29, 1.82) is 5.26 Å². The van der Waals surface area contributed by atoms with E-state index in [2.05, 4.69) is 0 Å². The van der Waals surface area contributed by atoms with Crippen molar-refractivity contribution in [1.82, 2.24) is 0 Å². The van der Waals surface area contributed by atoms with Gasteiger partial charge in [-0.3, -0.25) is 0 Å². The minimum atomic E-state index is 0.240. The van der Waals surface area contributed by atoms with Crippen molar-refractivity contribution in [3.8, 4) is 6.07 Å². The van der Waals surface area contributed by atoms with Gasteiger partial charge in [0.05, 0.1) is 12.2 Å². The van der Waals surface area contributed by atoms with Gasteiger partial charge in [0, 0.05) is 6.08 Å². The van der Waals surface area contributed by atoms with Crippen molar-refractivity contribution in [2.24, 2.45) is 0 Å². The molecule has 0 aromatic carbocycles. The molecule has 0 aliphatic carbocycles. The van der Waals surface area contributed by atoms with Crippen LogP contribution >= 0.6 is 0 Å². The van der Waals surface area contributed by atoms with E-state index in [1.54, 1.807) is 6.08 Å². The maximum atomic E-state index is 8.35. The molecule has 0 spiro atoms. The third kappa shape index (κ3) is 1.37. The van der Waals surface area contributed by atoms with Gasteiger partial charge in [-0.2, -0.15) is 5.26 Å². The molecule has 0 amide bonds. The van der Waals surface area contributed by atoms with E-state index < -0.39 is 0 Å². The first-order valence-corrected chi connectivity index (χ1v) is 3.53. The largest absolute Gasteiger partial charge is 0.365 e. The minimum Gasteiger partial charge on any atom is -0.365 e. The standard InChI is InChI=1S/C8H11NO/c1-3-7(4-5-9)8-6(2)10-8/h4,6,8H,3H2,1-2H3/b7-4-. The number of nitriles is 1. The fourth-order valence-electron chi connectivity index (χ4n) is 1.04. The third-order valence-corrected chi connectivity index (χ3v) is 1.73. The molecular weight excluding hydrogens is 126 g/mol. The van der Waals surface area contributed by atoms with E-state index >= 15 is 0 Å². The van der Waals surface area contributed by atoms with Crippen LogP contribution in [0.2, 0.25) is 0 Å². The molecule has 1 saturated heterocycles. The molecule has 10 heavy (non-hydrogen) atoms. The summed E-state index contributed by atoms with van der Waals surface area (Å²) in [6.07, 6.45) is 3.08. The van der Waals surface area contributed by atoms with Crippen molar-refractivity contribution in [2.45, 2.75) is 32.5 Å². The second kappa shape index (κ2) is 2.85. The van der Waals surface area contributed by atoms with Crippen LogP contribution in [0.5, 0.6) is 0 Å². The molecule has 54 valence electrons. The molecule has 0 saturated carbocycles. The number of ether oxygens (including phenoxy) is 1. The third-order valence-electron chi connectivity index (χ3n) is 1.73. The Labute approximate surface area is 61.1 Å². The van der Waals surface area contributed by atoms with Crippen LogP contribution in [-0.2, 0) is 4.74 Å². The monoisotopic (exact) mass is 137 g/mol. The predicted molar refractivity (Wildman–Crippen MR) is 38.3 cm³/mol. The van der Waals surface area contributed by atoms with Crippen LogP contribution in [0, 0.1) is 11.3 Å². The van der Waals surface area contributed by atoms with Crippen molar-refractivity contribution in [3.63, 3.8) is 0 Å². The summed E-state index contributed by atoms with van der Waals surface area (Å²) < 4.78 is 5.20. The summed E-state index contributed by atoms with van der Waals surface area (Å²) in [5.41, 5.74) is 1.12.